The van der Waals surface area contributed by atoms with Crippen LogP contribution in [0.1, 0.15) is 30.3 Å². The van der Waals surface area contributed by atoms with Crippen molar-refractivity contribution < 1.29 is 10.2 Å². The monoisotopic (exact) mass is 376 g/mol. The molecule has 0 unspecified atom stereocenters. The number of aromatic nitrogens is 2. The van der Waals surface area contributed by atoms with Gasteiger partial charge in [0.25, 0.3) is 0 Å². The van der Waals surface area contributed by atoms with Gasteiger partial charge in [0.1, 0.15) is 6.10 Å². The summed E-state index contributed by atoms with van der Waals surface area (Å²) in [4.78, 5) is 4.90. The smallest absolute Gasteiger partial charge is 0.121 e. The Labute approximate surface area is 158 Å². The van der Waals surface area contributed by atoms with Crippen LogP contribution in [0.4, 0.5) is 5.69 Å². The minimum Gasteiger partial charge on any atom is -0.393 e. The van der Waals surface area contributed by atoms with Crippen LogP contribution in [0.5, 0.6) is 0 Å². The van der Waals surface area contributed by atoms with Gasteiger partial charge in [0.15, 0.2) is 0 Å². The molecule has 6 nitrogen and oxygen atoms in total. The van der Waals surface area contributed by atoms with Gasteiger partial charge in [-0.2, -0.15) is 5.10 Å². The van der Waals surface area contributed by atoms with Crippen molar-refractivity contribution in [3.8, 4) is 0 Å². The highest BCUT2D eigenvalue weighted by molar-refractivity contribution is 6.33. The molecule has 0 saturated carbocycles. The van der Waals surface area contributed by atoms with E-state index in [9.17, 15) is 5.11 Å². The zero-order valence-corrected chi connectivity index (χ0v) is 15.5. The summed E-state index contributed by atoms with van der Waals surface area (Å²) in [6, 6.07) is 10.5. The van der Waals surface area contributed by atoms with E-state index < -0.39 is 6.10 Å². The predicted molar refractivity (Wildman–Crippen MR) is 101 cm³/mol. The van der Waals surface area contributed by atoms with E-state index in [-0.39, 0.29) is 6.61 Å². The maximum absolute atomic E-state index is 9.80. The molecule has 4 rings (SSSR count). The van der Waals surface area contributed by atoms with Crippen molar-refractivity contribution >= 4 is 17.3 Å². The first kappa shape index (κ1) is 17.8. The van der Waals surface area contributed by atoms with Crippen LogP contribution in [0.2, 0.25) is 5.02 Å². The number of hydrogen-bond donors (Lipinski definition) is 2. The number of halogens is 1. The van der Waals surface area contributed by atoms with Gasteiger partial charge in [0.2, 0.25) is 0 Å². The average molecular weight is 377 g/mol. The third kappa shape index (κ3) is 3.47. The minimum atomic E-state index is -0.889. The Balaban J connectivity index is 1.38. The molecule has 2 N–H and O–H groups in total. The lowest BCUT2D eigenvalue weighted by molar-refractivity contribution is 0.0912. The van der Waals surface area contributed by atoms with Gasteiger partial charge in [-0.25, -0.2) is 0 Å². The van der Waals surface area contributed by atoms with Crippen LogP contribution in [0, 0.1) is 0 Å². The SMILES string of the molecule is OC[C@@H](O)c1cc2n(n1)CCN(C1CCN(c3ccccc3Cl)CC1)C2. The summed E-state index contributed by atoms with van der Waals surface area (Å²) < 4.78 is 1.96. The second-order valence-corrected chi connectivity index (χ2v) is 7.53. The van der Waals surface area contributed by atoms with Crippen molar-refractivity contribution in [1.82, 2.24) is 14.7 Å². The number of hydrogen-bond acceptors (Lipinski definition) is 5. The Kier molecular flexibility index (Phi) is 5.18. The van der Waals surface area contributed by atoms with Crippen LogP contribution in [0.25, 0.3) is 0 Å². The quantitative estimate of drug-likeness (QED) is 0.855. The summed E-state index contributed by atoms with van der Waals surface area (Å²) in [5.74, 6) is 0. The van der Waals surface area contributed by atoms with E-state index in [1.807, 2.05) is 28.9 Å². The Bertz CT molecular complexity index is 758. The first-order valence-corrected chi connectivity index (χ1v) is 9.62. The molecule has 1 aromatic carbocycles. The number of piperidine rings is 1. The largest absolute Gasteiger partial charge is 0.393 e. The normalized spacial score (nSPS) is 20.2. The van der Waals surface area contributed by atoms with Crippen molar-refractivity contribution in [3.05, 3.63) is 46.7 Å². The van der Waals surface area contributed by atoms with Crippen LogP contribution in [-0.2, 0) is 13.1 Å². The molecule has 0 aliphatic carbocycles. The Hall–Kier alpha value is -1.60. The van der Waals surface area contributed by atoms with Gasteiger partial charge in [-0.15, -0.1) is 0 Å². The van der Waals surface area contributed by atoms with E-state index in [1.54, 1.807) is 0 Å². The first-order chi connectivity index (χ1) is 12.7. The zero-order valence-electron chi connectivity index (χ0n) is 14.8. The Morgan fingerprint density at radius 1 is 1.15 bits per heavy atom. The Morgan fingerprint density at radius 2 is 1.92 bits per heavy atom. The van der Waals surface area contributed by atoms with E-state index >= 15 is 0 Å². The number of nitrogens with zero attached hydrogens (tertiary/aromatic N) is 4. The highest BCUT2D eigenvalue weighted by atomic mass is 35.5. The number of aliphatic hydroxyl groups is 2. The van der Waals surface area contributed by atoms with Crippen molar-refractivity contribution in [3.63, 3.8) is 0 Å². The molecule has 1 aromatic heterocycles. The predicted octanol–water partition coefficient (Wildman–Crippen LogP) is 2.05. The first-order valence-electron chi connectivity index (χ1n) is 9.25. The number of benzene rings is 1. The van der Waals surface area contributed by atoms with Gasteiger partial charge in [0.05, 0.1) is 35.2 Å². The number of para-hydroxylation sites is 1. The summed E-state index contributed by atoms with van der Waals surface area (Å²) >= 11 is 6.34. The summed E-state index contributed by atoms with van der Waals surface area (Å²) in [7, 11) is 0. The molecule has 1 fully saturated rings. The lowest BCUT2D eigenvalue weighted by atomic mass is 10.0. The van der Waals surface area contributed by atoms with Crippen molar-refractivity contribution in [1.29, 1.82) is 0 Å². The highest BCUT2D eigenvalue weighted by Gasteiger charge is 2.29. The molecule has 0 radical (unpaired) electrons. The van der Waals surface area contributed by atoms with E-state index in [0.29, 0.717) is 11.7 Å². The average Bonchev–Trinajstić information content (AvgIpc) is 3.11. The van der Waals surface area contributed by atoms with Gasteiger partial charge < -0.3 is 15.1 Å². The molecule has 1 atom stereocenters. The fourth-order valence-electron chi connectivity index (χ4n) is 4.06. The van der Waals surface area contributed by atoms with E-state index in [1.165, 1.54) is 0 Å². The maximum atomic E-state index is 9.80. The van der Waals surface area contributed by atoms with Crippen molar-refractivity contribution in [2.45, 2.75) is 38.1 Å². The van der Waals surface area contributed by atoms with Crippen LogP contribution < -0.4 is 4.90 Å². The Morgan fingerprint density at radius 3 is 2.65 bits per heavy atom. The minimum absolute atomic E-state index is 0.291. The molecule has 2 aromatic rings. The summed E-state index contributed by atoms with van der Waals surface area (Å²) in [6.45, 7) is 4.39. The van der Waals surface area contributed by atoms with Crippen LogP contribution in [-0.4, -0.2) is 57.2 Å². The summed E-state index contributed by atoms with van der Waals surface area (Å²) in [5.41, 5.74) is 2.82. The van der Waals surface area contributed by atoms with Gasteiger partial charge in [-0.05, 0) is 31.0 Å². The van der Waals surface area contributed by atoms with E-state index in [4.69, 9.17) is 16.7 Å². The van der Waals surface area contributed by atoms with Crippen LogP contribution in [0.3, 0.4) is 0 Å². The topological polar surface area (TPSA) is 64.8 Å². The second kappa shape index (κ2) is 7.56. The van der Waals surface area contributed by atoms with Crippen LogP contribution >= 0.6 is 11.6 Å². The maximum Gasteiger partial charge on any atom is 0.121 e. The summed E-state index contributed by atoms with van der Waals surface area (Å²) in [6.07, 6.45) is 1.34. The van der Waals surface area contributed by atoms with E-state index in [2.05, 4.69) is 21.0 Å². The molecule has 26 heavy (non-hydrogen) atoms. The van der Waals surface area contributed by atoms with Gasteiger partial charge in [-0.1, -0.05) is 23.7 Å². The second-order valence-electron chi connectivity index (χ2n) is 7.12. The molecule has 0 amide bonds. The van der Waals surface area contributed by atoms with Crippen molar-refractivity contribution in [2.75, 3.05) is 31.1 Å². The third-order valence-electron chi connectivity index (χ3n) is 5.53. The number of rotatable bonds is 4. The number of aliphatic hydroxyl groups excluding tert-OH is 2. The number of anilines is 1. The van der Waals surface area contributed by atoms with Crippen LogP contribution in [0.15, 0.2) is 30.3 Å². The molecule has 2 aliphatic rings. The number of fused-ring (bicyclic) bond motifs is 1. The molecule has 2 aliphatic heterocycles. The van der Waals surface area contributed by atoms with Gasteiger partial charge in [-0.3, -0.25) is 9.58 Å². The highest BCUT2D eigenvalue weighted by Crippen LogP contribution is 2.30. The lowest BCUT2D eigenvalue weighted by Crippen LogP contribution is -2.47. The molecule has 0 bridgehead atoms. The molecule has 1 saturated heterocycles. The lowest BCUT2D eigenvalue weighted by Gasteiger charge is -2.41. The van der Waals surface area contributed by atoms with E-state index in [0.717, 1.165) is 62.0 Å². The molecular formula is C19H25ClN4O2. The fourth-order valence-corrected chi connectivity index (χ4v) is 4.31. The summed E-state index contributed by atoms with van der Waals surface area (Å²) in [5, 5.41) is 24.2. The van der Waals surface area contributed by atoms with Gasteiger partial charge >= 0.3 is 0 Å². The molecule has 7 heteroatoms. The fraction of sp³-hybridized carbons (Fsp3) is 0.526. The molecular weight excluding hydrogens is 352 g/mol. The van der Waals surface area contributed by atoms with Gasteiger partial charge in [0, 0.05) is 32.2 Å². The zero-order chi connectivity index (χ0) is 18.1. The third-order valence-corrected chi connectivity index (χ3v) is 5.85. The molecule has 140 valence electrons. The standard InChI is InChI=1S/C19H25ClN4O2/c20-16-3-1-2-4-18(16)22-7-5-14(6-8-22)23-9-10-24-15(12-23)11-17(21-24)19(26)13-25/h1-4,11,14,19,25-26H,5-10,12-13H2/t19-/m1/s1. The molecule has 0 spiro atoms. The van der Waals surface area contributed by atoms with Crippen molar-refractivity contribution in [2.24, 2.45) is 0 Å². The molecule has 3 heterocycles.